The number of para-hydroxylation sites is 1. The molecule has 0 saturated carbocycles. The highest BCUT2D eigenvalue weighted by Gasteiger charge is 2.05. The Labute approximate surface area is 120 Å². The molecule has 0 saturated heterocycles. The van der Waals surface area contributed by atoms with E-state index in [0.717, 1.165) is 27.0 Å². The molecule has 3 aromatic rings. The molecule has 0 amide bonds. The van der Waals surface area contributed by atoms with Gasteiger partial charge in [-0.2, -0.15) is 0 Å². The minimum Gasteiger partial charge on any atom is -0.455 e. The molecule has 0 unspecified atom stereocenters. The molecular formula is C16H12BrNO. The van der Waals surface area contributed by atoms with E-state index in [1.165, 1.54) is 5.56 Å². The number of hydrogen-bond acceptors (Lipinski definition) is 2. The van der Waals surface area contributed by atoms with Crippen molar-refractivity contribution in [3.05, 3.63) is 64.8 Å². The number of ether oxygens (including phenoxy) is 1. The van der Waals surface area contributed by atoms with E-state index in [1.807, 2.05) is 54.6 Å². The largest absolute Gasteiger partial charge is 0.455 e. The molecule has 0 fully saturated rings. The lowest BCUT2D eigenvalue weighted by Crippen LogP contribution is -1.88. The summed E-state index contributed by atoms with van der Waals surface area (Å²) >= 11 is 3.39. The summed E-state index contributed by atoms with van der Waals surface area (Å²) in [6.07, 6.45) is 0. The van der Waals surface area contributed by atoms with Crippen molar-refractivity contribution in [3.63, 3.8) is 0 Å². The summed E-state index contributed by atoms with van der Waals surface area (Å²) in [7, 11) is 0. The lowest BCUT2D eigenvalue weighted by molar-refractivity contribution is 0.487. The van der Waals surface area contributed by atoms with Gasteiger partial charge in [-0.15, -0.1) is 0 Å². The van der Waals surface area contributed by atoms with E-state index in [-0.39, 0.29) is 0 Å². The van der Waals surface area contributed by atoms with E-state index >= 15 is 0 Å². The number of aromatic nitrogens is 1. The molecule has 0 bridgehead atoms. The highest BCUT2D eigenvalue weighted by Crippen LogP contribution is 2.29. The van der Waals surface area contributed by atoms with Gasteiger partial charge in [0.1, 0.15) is 15.9 Å². The SMILES string of the molecule is Cc1ccc(Oc2cccc3ccc(Br)nc23)cc1. The van der Waals surface area contributed by atoms with Crippen LogP contribution in [0.4, 0.5) is 0 Å². The molecule has 2 aromatic carbocycles. The van der Waals surface area contributed by atoms with Gasteiger partial charge in [0.25, 0.3) is 0 Å². The zero-order chi connectivity index (χ0) is 13.2. The van der Waals surface area contributed by atoms with E-state index in [0.29, 0.717) is 0 Å². The van der Waals surface area contributed by atoms with Gasteiger partial charge in [0.05, 0.1) is 0 Å². The summed E-state index contributed by atoms with van der Waals surface area (Å²) in [4.78, 5) is 4.48. The third-order valence-electron chi connectivity index (χ3n) is 2.90. The van der Waals surface area contributed by atoms with Crippen LogP contribution in [0.3, 0.4) is 0 Å². The van der Waals surface area contributed by atoms with E-state index in [9.17, 15) is 0 Å². The zero-order valence-electron chi connectivity index (χ0n) is 10.4. The van der Waals surface area contributed by atoms with E-state index in [2.05, 4.69) is 27.8 Å². The Kier molecular flexibility index (Phi) is 3.22. The molecular weight excluding hydrogens is 302 g/mol. The molecule has 2 nitrogen and oxygen atoms in total. The number of pyridine rings is 1. The van der Waals surface area contributed by atoms with Crippen molar-refractivity contribution in [3.8, 4) is 11.5 Å². The van der Waals surface area contributed by atoms with Crippen LogP contribution < -0.4 is 4.74 Å². The molecule has 1 heterocycles. The highest BCUT2D eigenvalue weighted by atomic mass is 79.9. The number of hydrogen-bond donors (Lipinski definition) is 0. The quantitative estimate of drug-likeness (QED) is 0.614. The van der Waals surface area contributed by atoms with E-state index < -0.39 is 0 Å². The fourth-order valence-corrected chi connectivity index (χ4v) is 2.22. The number of nitrogens with zero attached hydrogens (tertiary/aromatic N) is 1. The van der Waals surface area contributed by atoms with Gasteiger partial charge in [0.15, 0.2) is 5.75 Å². The molecule has 19 heavy (non-hydrogen) atoms. The monoisotopic (exact) mass is 313 g/mol. The number of halogens is 1. The summed E-state index contributed by atoms with van der Waals surface area (Å²) in [5, 5.41) is 1.06. The van der Waals surface area contributed by atoms with Gasteiger partial charge in [0.2, 0.25) is 0 Å². The van der Waals surface area contributed by atoms with Crippen LogP contribution in [0.15, 0.2) is 59.2 Å². The number of aryl methyl sites for hydroxylation is 1. The van der Waals surface area contributed by atoms with Crippen LogP contribution >= 0.6 is 15.9 Å². The molecule has 0 atom stereocenters. The number of rotatable bonds is 2. The minimum atomic E-state index is 0.766. The second-order valence-corrected chi connectivity index (χ2v) is 5.19. The minimum absolute atomic E-state index is 0.766. The van der Waals surface area contributed by atoms with Gasteiger partial charge >= 0.3 is 0 Å². The lowest BCUT2D eigenvalue weighted by atomic mass is 10.2. The van der Waals surface area contributed by atoms with Crippen LogP contribution in [0.1, 0.15) is 5.56 Å². The number of benzene rings is 2. The second kappa shape index (κ2) is 5.02. The molecule has 0 aliphatic carbocycles. The maximum atomic E-state index is 5.92. The van der Waals surface area contributed by atoms with Crippen molar-refractivity contribution in [2.24, 2.45) is 0 Å². The molecule has 3 heteroatoms. The molecule has 0 spiro atoms. The van der Waals surface area contributed by atoms with Crippen LogP contribution in [0, 0.1) is 6.92 Å². The van der Waals surface area contributed by atoms with Gasteiger partial charge in [0, 0.05) is 5.39 Å². The molecule has 1 aromatic heterocycles. The zero-order valence-corrected chi connectivity index (χ0v) is 12.0. The fraction of sp³-hybridized carbons (Fsp3) is 0.0625. The first-order valence-electron chi connectivity index (χ1n) is 6.02. The Bertz CT molecular complexity index is 722. The van der Waals surface area contributed by atoms with Gasteiger partial charge in [-0.3, -0.25) is 0 Å². The molecule has 0 radical (unpaired) electrons. The Morgan fingerprint density at radius 2 is 1.74 bits per heavy atom. The molecule has 0 aliphatic heterocycles. The maximum Gasteiger partial charge on any atom is 0.153 e. The third kappa shape index (κ3) is 2.61. The number of fused-ring (bicyclic) bond motifs is 1. The predicted molar refractivity (Wildman–Crippen MR) is 80.7 cm³/mol. The Hall–Kier alpha value is -1.87. The first-order valence-corrected chi connectivity index (χ1v) is 6.81. The molecule has 0 aliphatic rings. The van der Waals surface area contributed by atoms with Crippen molar-refractivity contribution >= 4 is 26.8 Å². The highest BCUT2D eigenvalue weighted by molar-refractivity contribution is 9.10. The first-order chi connectivity index (χ1) is 9.22. The molecule has 0 N–H and O–H groups in total. The van der Waals surface area contributed by atoms with Crippen molar-refractivity contribution in [1.82, 2.24) is 4.98 Å². The normalized spacial score (nSPS) is 10.6. The third-order valence-corrected chi connectivity index (χ3v) is 3.34. The van der Waals surface area contributed by atoms with Gasteiger partial charge < -0.3 is 4.74 Å². The van der Waals surface area contributed by atoms with Crippen LogP contribution in [0.5, 0.6) is 11.5 Å². The van der Waals surface area contributed by atoms with Crippen LogP contribution in [0.25, 0.3) is 10.9 Å². The van der Waals surface area contributed by atoms with Gasteiger partial charge in [-0.25, -0.2) is 4.98 Å². The maximum absolute atomic E-state index is 5.92. The van der Waals surface area contributed by atoms with E-state index in [4.69, 9.17) is 4.74 Å². The lowest BCUT2D eigenvalue weighted by Gasteiger charge is -2.08. The van der Waals surface area contributed by atoms with Crippen LogP contribution in [-0.2, 0) is 0 Å². The van der Waals surface area contributed by atoms with Crippen molar-refractivity contribution < 1.29 is 4.74 Å². The summed E-state index contributed by atoms with van der Waals surface area (Å²) in [6.45, 7) is 2.06. The standard InChI is InChI=1S/C16H12BrNO/c1-11-5-8-13(9-6-11)19-14-4-2-3-12-7-10-15(17)18-16(12)14/h2-10H,1H3. The summed E-state index contributed by atoms with van der Waals surface area (Å²) in [6, 6.07) is 17.9. The second-order valence-electron chi connectivity index (χ2n) is 4.38. The van der Waals surface area contributed by atoms with Crippen LogP contribution in [0.2, 0.25) is 0 Å². The summed E-state index contributed by atoms with van der Waals surface area (Å²) < 4.78 is 6.72. The van der Waals surface area contributed by atoms with E-state index in [1.54, 1.807) is 0 Å². The average molecular weight is 314 g/mol. The van der Waals surface area contributed by atoms with Crippen LogP contribution in [-0.4, -0.2) is 4.98 Å². The Morgan fingerprint density at radius 3 is 2.53 bits per heavy atom. The fourth-order valence-electron chi connectivity index (χ4n) is 1.91. The predicted octanol–water partition coefficient (Wildman–Crippen LogP) is 5.10. The van der Waals surface area contributed by atoms with Gasteiger partial charge in [-0.1, -0.05) is 29.8 Å². The van der Waals surface area contributed by atoms with Gasteiger partial charge in [-0.05, 0) is 53.2 Å². The Morgan fingerprint density at radius 1 is 0.947 bits per heavy atom. The van der Waals surface area contributed by atoms with Crippen molar-refractivity contribution in [2.75, 3.05) is 0 Å². The molecule has 3 rings (SSSR count). The first kappa shape index (κ1) is 12.2. The average Bonchev–Trinajstić information content (AvgIpc) is 2.42. The van der Waals surface area contributed by atoms with Crippen molar-refractivity contribution in [1.29, 1.82) is 0 Å². The topological polar surface area (TPSA) is 22.1 Å². The summed E-state index contributed by atoms with van der Waals surface area (Å²) in [5.74, 6) is 1.59. The smallest absolute Gasteiger partial charge is 0.153 e. The molecule has 94 valence electrons. The van der Waals surface area contributed by atoms with Crippen molar-refractivity contribution in [2.45, 2.75) is 6.92 Å². The summed E-state index contributed by atoms with van der Waals surface area (Å²) in [5.41, 5.74) is 2.07. The Balaban J connectivity index is 2.05.